The third-order valence-electron chi connectivity index (χ3n) is 4.21. The van der Waals surface area contributed by atoms with Gasteiger partial charge in [0.05, 0.1) is 17.4 Å². The fourth-order valence-corrected chi connectivity index (χ4v) is 3.19. The molecular formula is C16H22N4O. The maximum atomic E-state index is 12.1. The number of para-hydroxylation sites is 1. The molecule has 0 saturated carbocycles. The third-order valence-corrected chi connectivity index (χ3v) is 4.21. The fourth-order valence-electron chi connectivity index (χ4n) is 3.19. The Morgan fingerprint density at radius 2 is 2.24 bits per heavy atom. The van der Waals surface area contributed by atoms with E-state index in [-0.39, 0.29) is 5.56 Å². The average molecular weight is 286 g/mol. The zero-order valence-corrected chi connectivity index (χ0v) is 12.2. The van der Waals surface area contributed by atoms with E-state index in [9.17, 15) is 4.79 Å². The number of nitrogens with zero attached hydrogens (tertiary/aromatic N) is 2. The van der Waals surface area contributed by atoms with E-state index in [0.29, 0.717) is 17.8 Å². The summed E-state index contributed by atoms with van der Waals surface area (Å²) < 4.78 is 0. The van der Waals surface area contributed by atoms with Crippen LogP contribution in [0, 0.1) is 5.92 Å². The summed E-state index contributed by atoms with van der Waals surface area (Å²) in [5.74, 6) is 1.43. The normalized spacial score (nSPS) is 20.0. The Bertz CT molecular complexity index is 665. The van der Waals surface area contributed by atoms with Crippen molar-refractivity contribution >= 4 is 10.9 Å². The van der Waals surface area contributed by atoms with Crippen molar-refractivity contribution in [3.8, 4) is 0 Å². The van der Waals surface area contributed by atoms with Crippen LogP contribution in [0.15, 0.2) is 29.1 Å². The number of hydrogen-bond donors (Lipinski definition) is 2. The first-order valence-electron chi connectivity index (χ1n) is 7.66. The molecule has 1 unspecified atom stereocenters. The molecule has 3 N–H and O–H groups in total. The van der Waals surface area contributed by atoms with Crippen molar-refractivity contribution in [3.63, 3.8) is 0 Å². The van der Waals surface area contributed by atoms with Crippen LogP contribution in [0.25, 0.3) is 10.9 Å². The van der Waals surface area contributed by atoms with Crippen molar-refractivity contribution in [2.24, 2.45) is 11.7 Å². The number of aromatic nitrogens is 2. The molecule has 1 fully saturated rings. The minimum Gasteiger partial charge on any atom is -0.330 e. The number of nitrogens with one attached hydrogen (secondary N) is 1. The standard InChI is InChI=1S/C16H22N4O/c17-8-7-12-4-3-9-20(10-12)11-15-18-14-6-2-1-5-13(14)16(21)19-15/h1-2,5-6,12H,3-4,7-11,17H2,(H,18,19,21). The van der Waals surface area contributed by atoms with E-state index < -0.39 is 0 Å². The molecule has 1 aliphatic rings. The highest BCUT2D eigenvalue weighted by atomic mass is 16.1. The van der Waals surface area contributed by atoms with E-state index in [1.807, 2.05) is 24.3 Å². The number of fused-ring (bicyclic) bond motifs is 1. The van der Waals surface area contributed by atoms with E-state index in [1.54, 1.807) is 0 Å². The summed E-state index contributed by atoms with van der Waals surface area (Å²) in [6.07, 6.45) is 3.54. The highest BCUT2D eigenvalue weighted by Crippen LogP contribution is 2.20. The summed E-state index contributed by atoms with van der Waals surface area (Å²) >= 11 is 0. The van der Waals surface area contributed by atoms with Gasteiger partial charge in [0.1, 0.15) is 5.82 Å². The van der Waals surface area contributed by atoms with Crippen molar-refractivity contribution in [2.45, 2.75) is 25.8 Å². The molecule has 2 heterocycles. The van der Waals surface area contributed by atoms with E-state index >= 15 is 0 Å². The zero-order valence-electron chi connectivity index (χ0n) is 12.2. The lowest BCUT2D eigenvalue weighted by Gasteiger charge is -2.32. The number of piperidine rings is 1. The van der Waals surface area contributed by atoms with Gasteiger partial charge in [0.2, 0.25) is 0 Å². The van der Waals surface area contributed by atoms with Crippen molar-refractivity contribution in [1.29, 1.82) is 0 Å². The highest BCUT2D eigenvalue weighted by Gasteiger charge is 2.20. The van der Waals surface area contributed by atoms with Crippen LogP contribution in [0.1, 0.15) is 25.1 Å². The number of nitrogens with two attached hydrogens (primary N) is 1. The van der Waals surface area contributed by atoms with Crippen molar-refractivity contribution < 1.29 is 0 Å². The number of rotatable bonds is 4. The lowest BCUT2D eigenvalue weighted by Crippen LogP contribution is -2.36. The van der Waals surface area contributed by atoms with Crippen LogP contribution < -0.4 is 11.3 Å². The summed E-state index contributed by atoms with van der Waals surface area (Å²) in [6.45, 7) is 3.58. The van der Waals surface area contributed by atoms with Crippen LogP contribution in [-0.4, -0.2) is 34.5 Å². The van der Waals surface area contributed by atoms with Gasteiger partial charge >= 0.3 is 0 Å². The second kappa shape index (κ2) is 6.37. The molecule has 5 nitrogen and oxygen atoms in total. The minimum absolute atomic E-state index is 0.0499. The van der Waals surface area contributed by atoms with Crippen molar-refractivity contribution in [1.82, 2.24) is 14.9 Å². The molecule has 1 aromatic heterocycles. The summed E-state index contributed by atoms with van der Waals surface area (Å²) in [5.41, 5.74) is 6.38. The van der Waals surface area contributed by atoms with Crippen LogP contribution in [0.4, 0.5) is 0 Å². The van der Waals surface area contributed by atoms with Crippen LogP contribution in [0.3, 0.4) is 0 Å². The second-order valence-electron chi connectivity index (χ2n) is 5.85. The SMILES string of the molecule is NCCC1CCCN(Cc2nc3ccccc3c(=O)[nH]2)C1. The monoisotopic (exact) mass is 286 g/mol. The van der Waals surface area contributed by atoms with Gasteiger partial charge in [-0.05, 0) is 50.4 Å². The first kappa shape index (κ1) is 14.2. The molecule has 21 heavy (non-hydrogen) atoms. The van der Waals surface area contributed by atoms with Gasteiger partial charge in [-0.2, -0.15) is 0 Å². The minimum atomic E-state index is -0.0499. The Hall–Kier alpha value is -1.72. The molecule has 1 saturated heterocycles. The Morgan fingerprint density at radius 1 is 1.38 bits per heavy atom. The topological polar surface area (TPSA) is 75.0 Å². The Balaban J connectivity index is 1.77. The Kier molecular flexibility index (Phi) is 4.31. The zero-order chi connectivity index (χ0) is 14.7. The maximum absolute atomic E-state index is 12.1. The molecule has 5 heteroatoms. The van der Waals surface area contributed by atoms with Crippen LogP contribution >= 0.6 is 0 Å². The summed E-state index contributed by atoms with van der Waals surface area (Å²) in [6, 6.07) is 7.47. The van der Waals surface area contributed by atoms with Gasteiger partial charge in [-0.15, -0.1) is 0 Å². The van der Waals surface area contributed by atoms with Gasteiger partial charge < -0.3 is 10.7 Å². The summed E-state index contributed by atoms with van der Waals surface area (Å²) in [7, 11) is 0. The van der Waals surface area contributed by atoms with Gasteiger partial charge in [-0.1, -0.05) is 12.1 Å². The third kappa shape index (κ3) is 3.31. The molecule has 1 aliphatic heterocycles. The van der Waals surface area contributed by atoms with E-state index in [0.717, 1.165) is 37.4 Å². The first-order chi connectivity index (χ1) is 10.3. The molecule has 1 aromatic carbocycles. The molecule has 0 aliphatic carbocycles. The lowest BCUT2D eigenvalue weighted by atomic mass is 9.95. The smallest absolute Gasteiger partial charge is 0.258 e. The number of hydrogen-bond acceptors (Lipinski definition) is 4. The van der Waals surface area contributed by atoms with Gasteiger partial charge in [0.25, 0.3) is 5.56 Å². The molecule has 1 atom stereocenters. The van der Waals surface area contributed by atoms with Gasteiger partial charge in [-0.25, -0.2) is 4.98 Å². The van der Waals surface area contributed by atoms with Crippen molar-refractivity contribution in [2.75, 3.05) is 19.6 Å². The largest absolute Gasteiger partial charge is 0.330 e. The molecular weight excluding hydrogens is 264 g/mol. The molecule has 0 amide bonds. The summed E-state index contributed by atoms with van der Waals surface area (Å²) in [4.78, 5) is 21.9. The highest BCUT2D eigenvalue weighted by molar-refractivity contribution is 5.77. The van der Waals surface area contributed by atoms with Crippen LogP contribution in [0.5, 0.6) is 0 Å². The predicted molar refractivity (Wildman–Crippen MR) is 84.0 cm³/mol. The molecule has 0 spiro atoms. The molecule has 0 bridgehead atoms. The molecule has 0 radical (unpaired) electrons. The summed E-state index contributed by atoms with van der Waals surface area (Å²) in [5, 5.41) is 0.654. The van der Waals surface area contributed by atoms with E-state index in [2.05, 4.69) is 14.9 Å². The number of aromatic amines is 1. The van der Waals surface area contributed by atoms with Gasteiger partial charge in [0, 0.05) is 6.54 Å². The maximum Gasteiger partial charge on any atom is 0.258 e. The molecule has 2 aromatic rings. The Morgan fingerprint density at radius 3 is 3.10 bits per heavy atom. The second-order valence-corrected chi connectivity index (χ2v) is 5.85. The molecule has 3 rings (SSSR count). The number of likely N-dealkylation sites (tertiary alicyclic amines) is 1. The first-order valence-corrected chi connectivity index (χ1v) is 7.66. The number of H-pyrrole nitrogens is 1. The number of benzene rings is 1. The van der Waals surface area contributed by atoms with Gasteiger partial charge in [0.15, 0.2) is 0 Å². The van der Waals surface area contributed by atoms with Crippen LogP contribution in [-0.2, 0) is 6.54 Å². The van der Waals surface area contributed by atoms with Gasteiger partial charge in [-0.3, -0.25) is 9.69 Å². The van der Waals surface area contributed by atoms with E-state index in [4.69, 9.17) is 5.73 Å². The average Bonchev–Trinajstić information content (AvgIpc) is 2.48. The Labute approximate surface area is 124 Å². The quantitative estimate of drug-likeness (QED) is 0.893. The predicted octanol–water partition coefficient (Wildman–Crippen LogP) is 1.48. The fraction of sp³-hybridized carbons (Fsp3) is 0.500. The van der Waals surface area contributed by atoms with E-state index in [1.165, 1.54) is 12.8 Å². The van der Waals surface area contributed by atoms with Crippen LogP contribution in [0.2, 0.25) is 0 Å². The van der Waals surface area contributed by atoms with Crippen molar-refractivity contribution in [3.05, 3.63) is 40.4 Å². The molecule has 112 valence electrons. The lowest BCUT2D eigenvalue weighted by molar-refractivity contribution is 0.160.